The number of nitrogens with two attached hydrogens (primary N) is 1. The highest BCUT2D eigenvalue weighted by Gasteiger charge is 2.29. The molecule has 1 rings (SSSR count). The van der Waals surface area contributed by atoms with Gasteiger partial charge in [-0.2, -0.15) is 0 Å². The molecule has 0 bridgehead atoms. The summed E-state index contributed by atoms with van der Waals surface area (Å²) in [4.78, 5) is 11.4. The number of nitrogens with one attached hydrogen (secondary N) is 1. The van der Waals surface area contributed by atoms with Gasteiger partial charge in [-0.05, 0) is 32.2 Å². The van der Waals surface area contributed by atoms with Crippen molar-refractivity contribution >= 4 is 5.91 Å². The van der Waals surface area contributed by atoms with Crippen molar-refractivity contribution in [3.8, 4) is 0 Å². The molecule has 0 unspecified atom stereocenters. The van der Waals surface area contributed by atoms with Gasteiger partial charge in [0, 0.05) is 19.6 Å². The van der Waals surface area contributed by atoms with Crippen molar-refractivity contribution in [2.75, 3.05) is 13.7 Å². The van der Waals surface area contributed by atoms with Crippen LogP contribution in [0.5, 0.6) is 0 Å². The summed E-state index contributed by atoms with van der Waals surface area (Å²) in [5.41, 5.74) is 5.37. The number of amides is 1. The number of hydrogen-bond donors (Lipinski definition) is 2. The fourth-order valence-corrected chi connectivity index (χ4v) is 1.78. The first-order valence-corrected chi connectivity index (χ1v) is 5.78. The molecule has 0 aromatic heterocycles. The van der Waals surface area contributed by atoms with Gasteiger partial charge in [0.1, 0.15) is 0 Å². The number of carbonyl (C=O) groups excluding carboxylic acids is 1. The smallest absolute Gasteiger partial charge is 0.220 e. The second-order valence-electron chi connectivity index (χ2n) is 4.19. The van der Waals surface area contributed by atoms with E-state index in [0.29, 0.717) is 18.6 Å². The van der Waals surface area contributed by atoms with Crippen LogP contribution in [0.15, 0.2) is 0 Å². The van der Waals surface area contributed by atoms with E-state index in [-0.39, 0.29) is 5.91 Å². The van der Waals surface area contributed by atoms with Gasteiger partial charge in [-0.25, -0.2) is 0 Å². The van der Waals surface area contributed by atoms with E-state index in [1.165, 1.54) is 0 Å². The highest BCUT2D eigenvalue weighted by Crippen LogP contribution is 2.22. The Balaban J connectivity index is 1.95. The van der Waals surface area contributed by atoms with Crippen molar-refractivity contribution in [2.45, 2.75) is 50.7 Å². The summed E-state index contributed by atoms with van der Waals surface area (Å²) < 4.78 is 5.15. The van der Waals surface area contributed by atoms with Crippen LogP contribution >= 0.6 is 0 Å². The van der Waals surface area contributed by atoms with Crippen molar-refractivity contribution in [3.63, 3.8) is 0 Å². The number of ether oxygens (including phenoxy) is 1. The maximum absolute atomic E-state index is 11.4. The molecule has 0 heterocycles. The molecule has 0 aromatic rings. The minimum absolute atomic E-state index is 0.173. The van der Waals surface area contributed by atoms with Gasteiger partial charge >= 0.3 is 0 Å². The van der Waals surface area contributed by atoms with Crippen LogP contribution < -0.4 is 11.1 Å². The van der Waals surface area contributed by atoms with Crippen LogP contribution in [0.1, 0.15) is 38.5 Å². The monoisotopic (exact) mass is 214 g/mol. The van der Waals surface area contributed by atoms with E-state index < -0.39 is 0 Å². The Labute approximate surface area is 91.5 Å². The first-order chi connectivity index (χ1) is 7.26. The molecule has 0 aromatic carbocycles. The van der Waals surface area contributed by atoms with Gasteiger partial charge in [-0.3, -0.25) is 4.79 Å². The zero-order valence-electron chi connectivity index (χ0n) is 9.50. The molecule has 1 fully saturated rings. The number of unbranched alkanes of at least 4 members (excludes halogenated alkanes) is 2. The zero-order valence-corrected chi connectivity index (χ0v) is 9.50. The summed E-state index contributed by atoms with van der Waals surface area (Å²) in [6.07, 6.45) is 5.93. The molecule has 4 nitrogen and oxygen atoms in total. The zero-order chi connectivity index (χ0) is 11.1. The van der Waals surface area contributed by atoms with Gasteiger partial charge in [0.2, 0.25) is 5.91 Å². The topological polar surface area (TPSA) is 64.3 Å². The van der Waals surface area contributed by atoms with E-state index >= 15 is 0 Å². The van der Waals surface area contributed by atoms with Crippen LogP contribution in [-0.2, 0) is 9.53 Å². The average molecular weight is 214 g/mol. The molecule has 3 N–H and O–H groups in total. The maximum atomic E-state index is 11.4. The molecular formula is C11H22N2O2. The Bertz CT molecular complexity index is 191. The summed E-state index contributed by atoms with van der Waals surface area (Å²) in [6.45, 7) is 0.722. The number of rotatable bonds is 7. The molecule has 1 aliphatic carbocycles. The first kappa shape index (κ1) is 12.5. The third-order valence-electron chi connectivity index (χ3n) is 2.90. The van der Waals surface area contributed by atoms with Gasteiger partial charge in [0.05, 0.1) is 6.10 Å². The molecule has 88 valence electrons. The SMILES string of the molecule is COC1CC(NC(=O)CCCCCN)C1. The van der Waals surface area contributed by atoms with E-state index in [1.54, 1.807) is 7.11 Å². The molecule has 0 radical (unpaired) electrons. The van der Waals surface area contributed by atoms with Gasteiger partial charge in [0.15, 0.2) is 0 Å². The molecule has 1 aliphatic rings. The fraction of sp³-hybridized carbons (Fsp3) is 0.909. The van der Waals surface area contributed by atoms with Crippen LogP contribution in [0.25, 0.3) is 0 Å². The molecule has 0 aliphatic heterocycles. The average Bonchev–Trinajstić information content (AvgIpc) is 2.17. The lowest BCUT2D eigenvalue weighted by atomic mass is 9.89. The lowest BCUT2D eigenvalue weighted by Crippen LogP contribution is -2.47. The summed E-state index contributed by atoms with van der Waals surface area (Å²) in [5, 5.41) is 3.01. The largest absolute Gasteiger partial charge is 0.381 e. The molecule has 0 spiro atoms. The minimum atomic E-state index is 0.173. The lowest BCUT2D eigenvalue weighted by Gasteiger charge is -2.34. The third-order valence-corrected chi connectivity index (χ3v) is 2.90. The number of hydrogen-bond acceptors (Lipinski definition) is 3. The highest BCUT2D eigenvalue weighted by atomic mass is 16.5. The number of methoxy groups -OCH3 is 1. The van der Waals surface area contributed by atoms with Crippen molar-refractivity contribution in [1.29, 1.82) is 0 Å². The quantitative estimate of drug-likeness (QED) is 0.616. The molecule has 0 atom stereocenters. The Morgan fingerprint density at radius 1 is 1.40 bits per heavy atom. The van der Waals surface area contributed by atoms with E-state index in [1.807, 2.05) is 0 Å². The summed E-state index contributed by atoms with van der Waals surface area (Å²) in [5.74, 6) is 0.173. The fourth-order valence-electron chi connectivity index (χ4n) is 1.78. The minimum Gasteiger partial charge on any atom is -0.381 e. The lowest BCUT2D eigenvalue weighted by molar-refractivity contribution is -0.123. The molecule has 0 saturated heterocycles. The predicted molar refractivity (Wildman–Crippen MR) is 59.5 cm³/mol. The standard InChI is InChI=1S/C11H22N2O2/c1-15-10-7-9(8-10)13-11(14)5-3-2-4-6-12/h9-10H,2-8,12H2,1H3,(H,13,14). The van der Waals surface area contributed by atoms with Crippen LogP contribution in [0.3, 0.4) is 0 Å². The van der Waals surface area contributed by atoms with Crippen molar-refractivity contribution in [2.24, 2.45) is 5.73 Å². The van der Waals surface area contributed by atoms with Crippen molar-refractivity contribution < 1.29 is 9.53 Å². The predicted octanol–water partition coefficient (Wildman–Crippen LogP) is 0.799. The molecule has 4 heteroatoms. The summed E-state index contributed by atoms with van der Waals surface area (Å²) >= 11 is 0. The van der Waals surface area contributed by atoms with Crippen LogP contribution in [-0.4, -0.2) is 31.7 Å². The van der Waals surface area contributed by atoms with E-state index in [9.17, 15) is 4.79 Å². The highest BCUT2D eigenvalue weighted by molar-refractivity contribution is 5.76. The van der Waals surface area contributed by atoms with Crippen LogP contribution in [0.2, 0.25) is 0 Å². The Morgan fingerprint density at radius 2 is 2.13 bits per heavy atom. The summed E-state index contributed by atoms with van der Waals surface area (Å²) in [6, 6.07) is 0.344. The van der Waals surface area contributed by atoms with Crippen molar-refractivity contribution in [1.82, 2.24) is 5.32 Å². The molecule has 1 saturated carbocycles. The molecular weight excluding hydrogens is 192 g/mol. The number of carbonyl (C=O) groups is 1. The second-order valence-corrected chi connectivity index (χ2v) is 4.19. The summed E-state index contributed by atoms with van der Waals surface area (Å²) in [7, 11) is 1.72. The van der Waals surface area contributed by atoms with Crippen molar-refractivity contribution in [3.05, 3.63) is 0 Å². The molecule has 1 amide bonds. The Hall–Kier alpha value is -0.610. The Morgan fingerprint density at radius 3 is 2.73 bits per heavy atom. The van der Waals surface area contributed by atoms with E-state index in [0.717, 1.165) is 38.6 Å². The van der Waals surface area contributed by atoms with Gasteiger partial charge in [-0.1, -0.05) is 6.42 Å². The second kappa shape index (κ2) is 6.80. The third kappa shape index (κ3) is 4.62. The van der Waals surface area contributed by atoms with E-state index in [2.05, 4.69) is 5.32 Å². The first-order valence-electron chi connectivity index (χ1n) is 5.78. The van der Waals surface area contributed by atoms with E-state index in [4.69, 9.17) is 10.5 Å². The van der Waals surface area contributed by atoms with Gasteiger partial charge < -0.3 is 15.8 Å². The van der Waals surface area contributed by atoms with Gasteiger partial charge in [-0.15, -0.1) is 0 Å². The van der Waals surface area contributed by atoms with Gasteiger partial charge in [0.25, 0.3) is 0 Å². The van der Waals surface area contributed by atoms with Crippen LogP contribution in [0, 0.1) is 0 Å². The Kier molecular flexibility index (Phi) is 5.65. The molecule has 15 heavy (non-hydrogen) atoms. The maximum Gasteiger partial charge on any atom is 0.220 e. The normalized spacial score (nSPS) is 24.7. The van der Waals surface area contributed by atoms with Crippen LogP contribution in [0.4, 0.5) is 0 Å².